The van der Waals surface area contributed by atoms with Crippen LogP contribution < -0.4 is 0 Å². The van der Waals surface area contributed by atoms with E-state index in [1.165, 1.54) is 13.8 Å². The minimum Gasteiger partial charge on any atom is -0.244 e. The normalized spacial score (nSPS) is 18.3. The van der Waals surface area contributed by atoms with Gasteiger partial charge in [0.2, 0.25) is 14.7 Å². The molecule has 9 heteroatoms. The van der Waals surface area contributed by atoms with Gasteiger partial charge in [0.25, 0.3) is 0 Å². The van der Waals surface area contributed by atoms with Crippen LogP contribution in [0.3, 0.4) is 0 Å². The van der Waals surface area contributed by atoms with E-state index in [0.29, 0.717) is 6.92 Å². The second kappa shape index (κ2) is 6.98. The van der Waals surface area contributed by atoms with Gasteiger partial charge in [-0.05, 0) is 52.4 Å². The zero-order valence-electron chi connectivity index (χ0n) is 12.1. The molecule has 128 valence electrons. The smallest absolute Gasteiger partial charge is 0.244 e. The van der Waals surface area contributed by atoms with Crippen molar-refractivity contribution < 1.29 is 30.4 Å². The highest BCUT2D eigenvalue weighted by molar-refractivity contribution is 8.13. The highest BCUT2D eigenvalue weighted by Gasteiger charge is 2.53. The average molecular weight is 359 g/mol. The van der Waals surface area contributed by atoms with Gasteiger partial charge in [0, 0.05) is 10.7 Å². The maximum atomic E-state index is 13.7. The molecule has 0 radical (unpaired) electrons. The molecule has 21 heavy (non-hydrogen) atoms. The Kier molecular flexibility index (Phi) is 6.94. The van der Waals surface area contributed by atoms with Gasteiger partial charge in [0.05, 0.1) is 5.75 Å². The van der Waals surface area contributed by atoms with Gasteiger partial charge in [0.15, 0.2) is 0 Å². The predicted octanol–water partition coefficient (Wildman–Crippen LogP) is 4.77. The Balaban J connectivity index is 4.83. The first-order valence-electron chi connectivity index (χ1n) is 6.40. The van der Waals surface area contributed by atoms with E-state index in [4.69, 9.17) is 10.7 Å². The van der Waals surface area contributed by atoms with Crippen LogP contribution in [0, 0.1) is 5.92 Å². The summed E-state index contributed by atoms with van der Waals surface area (Å²) in [5.41, 5.74) is -5.21. The molecule has 0 rings (SSSR count). The molecule has 0 spiro atoms. The lowest BCUT2D eigenvalue weighted by Gasteiger charge is -2.30. The van der Waals surface area contributed by atoms with Gasteiger partial charge in [-0.15, -0.1) is 0 Å². The highest BCUT2D eigenvalue weighted by atomic mass is 35.7. The Morgan fingerprint density at radius 2 is 1.48 bits per heavy atom. The summed E-state index contributed by atoms with van der Waals surface area (Å²) in [5.74, 6) is -1.37. The topological polar surface area (TPSA) is 34.1 Å². The first-order valence-corrected chi connectivity index (χ1v) is 8.88. The third-order valence-electron chi connectivity index (χ3n) is 3.04. The first-order chi connectivity index (χ1) is 9.04. The fraction of sp³-hybridized carbons (Fsp3) is 1.00. The van der Waals surface area contributed by atoms with Crippen molar-refractivity contribution in [2.45, 2.75) is 64.0 Å². The lowest BCUT2D eigenvalue weighted by atomic mass is 9.83. The number of hydrogen-bond donors (Lipinski definition) is 0. The van der Waals surface area contributed by atoms with Gasteiger partial charge in [-0.25, -0.2) is 17.2 Å². The fourth-order valence-electron chi connectivity index (χ4n) is 2.17. The van der Waals surface area contributed by atoms with Crippen molar-refractivity contribution in [2.24, 2.45) is 5.92 Å². The molecule has 2 atom stereocenters. The second-order valence-electron chi connectivity index (χ2n) is 6.07. The van der Waals surface area contributed by atoms with E-state index >= 15 is 0 Å². The molecule has 0 amide bonds. The molecule has 0 saturated carbocycles. The molecule has 0 bridgehead atoms. The van der Waals surface area contributed by atoms with Crippen molar-refractivity contribution in [2.75, 3.05) is 5.75 Å². The van der Waals surface area contributed by atoms with Crippen molar-refractivity contribution in [1.29, 1.82) is 0 Å². The molecular formula is C12H20ClF5O2S. The monoisotopic (exact) mass is 358 g/mol. The Morgan fingerprint density at radius 1 is 1.00 bits per heavy atom. The van der Waals surface area contributed by atoms with E-state index in [0.717, 1.165) is 0 Å². The van der Waals surface area contributed by atoms with E-state index in [1.54, 1.807) is 0 Å². The van der Waals surface area contributed by atoms with Crippen LogP contribution in [0.1, 0.15) is 46.5 Å². The van der Waals surface area contributed by atoms with Crippen LogP contribution in [-0.4, -0.2) is 31.7 Å². The summed E-state index contributed by atoms with van der Waals surface area (Å²) in [4.78, 5) is 0. The summed E-state index contributed by atoms with van der Waals surface area (Å²) in [6, 6.07) is 0. The molecule has 0 aliphatic carbocycles. The lowest BCUT2D eigenvalue weighted by Crippen LogP contribution is -2.40. The third kappa shape index (κ3) is 9.50. The zero-order valence-corrected chi connectivity index (χ0v) is 13.7. The summed E-state index contributed by atoms with van der Waals surface area (Å²) >= 11 is 0. The molecule has 0 fully saturated rings. The summed E-state index contributed by atoms with van der Waals surface area (Å²) in [7, 11) is 1.23. The maximum Gasteiger partial charge on any atom is 0.422 e. The summed E-state index contributed by atoms with van der Waals surface area (Å²) in [5, 5.41) is 0. The van der Waals surface area contributed by atoms with Crippen molar-refractivity contribution in [1.82, 2.24) is 0 Å². The van der Waals surface area contributed by atoms with Crippen LogP contribution in [0.4, 0.5) is 22.0 Å². The highest BCUT2D eigenvalue weighted by Crippen LogP contribution is 2.41. The lowest BCUT2D eigenvalue weighted by molar-refractivity contribution is -0.230. The number of halogens is 6. The van der Waals surface area contributed by atoms with Gasteiger partial charge in [-0.1, -0.05) is 0 Å². The minimum absolute atomic E-state index is 0.0412. The number of alkyl halides is 5. The van der Waals surface area contributed by atoms with Crippen molar-refractivity contribution >= 4 is 19.7 Å². The molecule has 2 nitrogen and oxygen atoms in total. The third-order valence-corrected chi connectivity index (χ3v) is 4.28. The fourth-order valence-corrected chi connectivity index (χ4v) is 3.00. The van der Waals surface area contributed by atoms with Gasteiger partial charge in [0.1, 0.15) is 5.67 Å². The van der Waals surface area contributed by atoms with Gasteiger partial charge < -0.3 is 0 Å². The largest absolute Gasteiger partial charge is 0.422 e. The standard InChI is InChI=1S/C12H20ClF5O2S/c1-10(2,14)7-9(5-4-6-21(13,19)20)8-11(3,15)12(16,17)18/h9H,4-8H2,1-3H3. The quantitative estimate of drug-likeness (QED) is 0.462. The molecule has 0 aliphatic rings. The molecular weight excluding hydrogens is 339 g/mol. The van der Waals surface area contributed by atoms with Crippen LogP contribution in [0.2, 0.25) is 0 Å². The van der Waals surface area contributed by atoms with Crippen LogP contribution in [0.5, 0.6) is 0 Å². The number of rotatable bonds is 8. The van der Waals surface area contributed by atoms with Gasteiger partial charge >= 0.3 is 6.18 Å². The van der Waals surface area contributed by atoms with E-state index in [-0.39, 0.29) is 19.3 Å². The van der Waals surface area contributed by atoms with Gasteiger partial charge in [-0.3, -0.25) is 0 Å². The van der Waals surface area contributed by atoms with Crippen molar-refractivity contribution in [3.05, 3.63) is 0 Å². The molecule has 0 saturated heterocycles. The Labute approximate surface area is 126 Å². The predicted molar refractivity (Wildman–Crippen MR) is 72.4 cm³/mol. The maximum absolute atomic E-state index is 13.7. The Bertz CT molecular complexity index is 426. The zero-order chi connectivity index (χ0) is 17.1. The molecule has 0 aromatic heterocycles. The van der Waals surface area contributed by atoms with Crippen LogP contribution >= 0.6 is 10.7 Å². The van der Waals surface area contributed by atoms with Crippen molar-refractivity contribution in [3.63, 3.8) is 0 Å². The SMILES string of the molecule is CC(C)(F)CC(CCCS(=O)(=O)Cl)CC(C)(F)C(F)(F)F. The second-order valence-corrected chi connectivity index (χ2v) is 8.97. The van der Waals surface area contributed by atoms with E-state index in [1.807, 2.05) is 0 Å². The van der Waals surface area contributed by atoms with E-state index in [2.05, 4.69) is 0 Å². The molecule has 0 N–H and O–H groups in total. The molecule has 0 aliphatic heterocycles. The molecule has 2 unspecified atom stereocenters. The van der Waals surface area contributed by atoms with Crippen LogP contribution in [-0.2, 0) is 9.05 Å². The van der Waals surface area contributed by atoms with E-state index < -0.39 is 44.7 Å². The van der Waals surface area contributed by atoms with Crippen molar-refractivity contribution in [3.8, 4) is 0 Å². The number of hydrogen-bond acceptors (Lipinski definition) is 2. The van der Waals surface area contributed by atoms with Crippen LogP contribution in [0.25, 0.3) is 0 Å². The molecule has 0 aromatic rings. The van der Waals surface area contributed by atoms with Gasteiger partial charge in [-0.2, -0.15) is 13.2 Å². The van der Waals surface area contributed by atoms with Crippen LogP contribution in [0.15, 0.2) is 0 Å². The molecule has 0 heterocycles. The summed E-state index contributed by atoms with van der Waals surface area (Å²) in [6.45, 7) is 2.77. The van der Waals surface area contributed by atoms with E-state index in [9.17, 15) is 30.4 Å². The summed E-state index contributed by atoms with van der Waals surface area (Å²) in [6.07, 6.45) is -6.34. The first kappa shape index (κ1) is 20.9. The summed E-state index contributed by atoms with van der Waals surface area (Å²) < 4.78 is 86.5. The molecule has 0 aromatic carbocycles. The Morgan fingerprint density at radius 3 is 1.81 bits per heavy atom. The minimum atomic E-state index is -5.05. The average Bonchev–Trinajstić information content (AvgIpc) is 2.09. The Hall–Kier alpha value is -0.110.